The lowest BCUT2D eigenvalue weighted by Crippen LogP contribution is -2.44. The second kappa shape index (κ2) is 7.17. The van der Waals surface area contributed by atoms with Gasteiger partial charge in [-0.25, -0.2) is 13.2 Å². The van der Waals surface area contributed by atoms with Crippen LogP contribution >= 0.6 is 0 Å². The Morgan fingerprint density at radius 1 is 1.32 bits per heavy atom. The average Bonchev–Trinajstić information content (AvgIpc) is 3.22. The lowest BCUT2D eigenvalue weighted by molar-refractivity contribution is 0.0435. The molecular weight excluding hydrogens is 306 g/mol. The van der Waals surface area contributed by atoms with Crippen LogP contribution in [0.1, 0.15) is 47.0 Å². The van der Waals surface area contributed by atoms with Crippen LogP contribution in [-0.4, -0.2) is 49.9 Å². The van der Waals surface area contributed by atoms with Gasteiger partial charge >= 0.3 is 6.09 Å². The summed E-state index contributed by atoms with van der Waals surface area (Å²) in [5.41, 5.74) is -1.16. The molecule has 1 aliphatic carbocycles. The maximum atomic E-state index is 11.8. The van der Waals surface area contributed by atoms with Crippen molar-refractivity contribution in [1.82, 2.24) is 5.32 Å². The molecule has 1 atom stereocenters. The summed E-state index contributed by atoms with van der Waals surface area (Å²) in [4.78, 5) is 11.8. The zero-order valence-corrected chi connectivity index (χ0v) is 14.8. The first-order valence-corrected chi connectivity index (χ1v) is 9.64. The average molecular weight is 335 g/mol. The van der Waals surface area contributed by atoms with Crippen molar-refractivity contribution in [1.29, 1.82) is 0 Å². The molecule has 0 spiro atoms. The Kier molecular flexibility index (Phi) is 6.27. The molecule has 130 valence electrons. The molecule has 1 aliphatic rings. The van der Waals surface area contributed by atoms with E-state index in [4.69, 9.17) is 4.74 Å². The first-order chi connectivity index (χ1) is 10.0. The van der Waals surface area contributed by atoms with Gasteiger partial charge in [-0.3, -0.25) is 0 Å². The number of nitrogens with one attached hydrogen (secondary N) is 1. The summed E-state index contributed by atoms with van der Waals surface area (Å²) in [5, 5.41) is 12.5. The van der Waals surface area contributed by atoms with E-state index >= 15 is 0 Å². The maximum Gasteiger partial charge on any atom is 0.407 e. The van der Waals surface area contributed by atoms with Gasteiger partial charge in [0, 0.05) is 17.7 Å². The van der Waals surface area contributed by atoms with Crippen molar-refractivity contribution in [3.8, 4) is 0 Å². The Bertz CT molecular complexity index is 479. The molecule has 1 amide bonds. The number of aliphatic hydroxyl groups is 1. The van der Waals surface area contributed by atoms with Crippen molar-refractivity contribution >= 4 is 15.9 Å². The predicted molar refractivity (Wildman–Crippen MR) is 85.4 cm³/mol. The van der Waals surface area contributed by atoms with Crippen molar-refractivity contribution in [3.63, 3.8) is 0 Å². The van der Waals surface area contributed by atoms with E-state index < -0.39 is 26.9 Å². The first-order valence-electron chi connectivity index (χ1n) is 7.82. The van der Waals surface area contributed by atoms with Crippen LogP contribution in [0.2, 0.25) is 0 Å². The van der Waals surface area contributed by atoms with Gasteiger partial charge < -0.3 is 15.2 Å². The fraction of sp³-hybridized carbons (Fsp3) is 0.933. The minimum Gasteiger partial charge on any atom is -0.444 e. The second-order valence-corrected chi connectivity index (χ2v) is 9.61. The Balaban J connectivity index is 2.66. The number of hydrogen-bond acceptors (Lipinski definition) is 5. The summed E-state index contributed by atoms with van der Waals surface area (Å²) in [6.45, 7) is 7.06. The van der Waals surface area contributed by atoms with E-state index in [1.54, 1.807) is 27.7 Å². The van der Waals surface area contributed by atoms with Crippen molar-refractivity contribution in [3.05, 3.63) is 0 Å². The molecule has 1 unspecified atom stereocenters. The summed E-state index contributed by atoms with van der Waals surface area (Å²) in [6, 6.07) is 0. The standard InChI is InChI=1S/C15H29NO5S/c1-5-22(19,20)9-8-15(11-17,12-6-7-12)10-16-13(18)21-14(2,3)4/h12,17H,5-11H2,1-4H3,(H,16,18). The lowest BCUT2D eigenvalue weighted by atomic mass is 9.80. The van der Waals surface area contributed by atoms with Crippen LogP contribution in [0.15, 0.2) is 0 Å². The lowest BCUT2D eigenvalue weighted by Gasteiger charge is -2.32. The SMILES string of the molecule is CCS(=O)(=O)CCC(CO)(CNC(=O)OC(C)(C)C)C1CC1. The highest BCUT2D eigenvalue weighted by molar-refractivity contribution is 7.91. The van der Waals surface area contributed by atoms with Gasteiger partial charge in [0.15, 0.2) is 0 Å². The number of ether oxygens (including phenoxy) is 1. The van der Waals surface area contributed by atoms with Gasteiger partial charge in [-0.2, -0.15) is 0 Å². The van der Waals surface area contributed by atoms with Crippen LogP contribution in [0.5, 0.6) is 0 Å². The van der Waals surface area contributed by atoms with Gasteiger partial charge in [0.2, 0.25) is 0 Å². The van der Waals surface area contributed by atoms with E-state index in [0.717, 1.165) is 12.8 Å². The summed E-state index contributed by atoms with van der Waals surface area (Å²) in [6.07, 6.45) is 1.75. The van der Waals surface area contributed by atoms with Gasteiger partial charge in [-0.15, -0.1) is 0 Å². The molecule has 0 bridgehead atoms. The number of hydrogen-bond donors (Lipinski definition) is 2. The fourth-order valence-electron chi connectivity index (χ4n) is 2.46. The molecule has 0 heterocycles. The first kappa shape index (κ1) is 19.2. The minimum absolute atomic E-state index is 0.0383. The Morgan fingerprint density at radius 3 is 2.32 bits per heavy atom. The van der Waals surface area contributed by atoms with Crippen molar-refractivity contribution < 1.29 is 23.1 Å². The topological polar surface area (TPSA) is 92.7 Å². The molecule has 1 saturated carbocycles. The number of sulfone groups is 1. The molecule has 0 saturated heterocycles. The minimum atomic E-state index is -3.09. The van der Waals surface area contributed by atoms with E-state index in [1.807, 2.05) is 0 Å². The van der Waals surface area contributed by atoms with E-state index in [0.29, 0.717) is 6.42 Å². The normalized spacial score (nSPS) is 18.6. The number of alkyl carbamates (subject to hydrolysis) is 1. The maximum absolute atomic E-state index is 11.8. The number of amides is 1. The van der Waals surface area contributed by atoms with E-state index in [1.165, 1.54) is 0 Å². The number of carbonyl (C=O) groups excluding carboxylic acids is 1. The third-order valence-corrected chi connectivity index (χ3v) is 5.80. The number of rotatable bonds is 8. The quantitative estimate of drug-likeness (QED) is 0.704. The highest BCUT2D eigenvalue weighted by atomic mass is 32.2. The van der Waals surface area contributed by atoms with Crippen LogP contribution in [0.4, 0.5) is 4.79 Å². The molecule has 6 nitrogen and oxygen atoms in total. The summed E-state index contributed by atoms with van der Waals surface area (Å²) in [7, 11) is -3.09. The summed E-state index contributed by atoms with van der Waals surface area (Å²) >= 11 is 0. The zero-order valence-electron chi connectivity index (χ0n) is 14.0. The largest absolute Gasteiger partial charge is 0.444 e. The van der Waals surface area contributed by atoms with Gasteiger partial charge in [0.25, 0.3) is 0 Å². The third kappa shape index (κ3) is 6.12. The van der Waals surface area contributed by atoms with Crippen molar-refractivity contribution in [2.24, 2.45) is 11.3 Å². The Hall–Kier alpha value is -0.820. The molecule has 1 fully saturated rings. The highest BCUT2D eigenvalue weighted by Crippen LogP contribution is 2.47. The molecule has 0 aromatic rings. The fourth-order valence-corrected chi connectivity index (χ4v) is 3.47. The molecule has 1 rings (SSSR count). The van der Waals surface area contributed by atoms with E-state index in [-0.39, 0.29) is 30.6 Å². The molecule has 0 aliphatic heterocycles. The smallest absolute Gasteiger partial charge is 0.407 e. The Labute approximate surface area is 133 Å². The second-order valence-electron chi connectivity index (χ2n) is 7.14. The molecular formula is C15H29NO5S. The van der Waals surface area contributed by atoms with Crippen LogP contribution < -0.4 is 5.32 Å². The van der Waals surface area contributed by atoms with Crippen molar-refractivity contribution in [2.45, 2.75) is 52.6 Å². The van der Waals surface area contributed by atoms with Crippen molar-refractivity contribution in [2.75, 3.05) is 24.7 Å². The molecule has 2 N–H and O–H groups in total. The van der Waals surface area contributed by atoms with Gasteiger partial charge in [-0.1, -0.05) is 6.92 Å². The molecule has 22 heavy (non-hydrogen) atoms. The van der Waals surface area contributed by atoms with Crippen LogP contribution in [-0.2, 0) is 14.6 Å². The Morgan fingerprint density at radius 2 is 1.91 bits per heavy atom. The molecule has 0 aromatic heterocycles. The summed E-state index contributed by atoms with van der Waals surface area (Å²) in [5.74, 6) is 0.398. The monoisotopic (exact) mass is 335 g/mol. The predicted octanol–water partition coefficient (Wildman–Crippen LogP) is 1.72. The zero-order chi connectivity index (χ0) is 17.0. The summed E-state index contributed by atoms with van der Waals surface area (Å²) < 4.78 is 28.7. The van der Waals surface area contributed by atoms with Crippen LogP contribution in [0, 0.1) is 11.3 Å². The third-order valence-electron chi connectivity index (χ3n) is 4.09. The van der Waals surface area contributed by atoms with E-state index in [9.17, 15) is 18.3 Å². The van der Waals surface area contributed by atoms with Gasteiger partial charge in [0.05, 0.1) is 12.4 Å². The van der Waals surface area contributed by atoms with Crippen LogP contribution in [0.3, 0.4) is 0 Å². The molecule has 7 heteroatoms. The number of carbonyl (C=O) groups is 1. The number of aliphatic hydroxyl groups excluding tert-OH is 1. The van der Waals surface area contributed by atoms with E-state index in [2.05, 4.69) is 5.32 Å². The van der Waals surface area contributed by atoms with Gasteiger partial charge in [0.1, 0.15) is 15.4 Å². The van der Waals surface area contributed by atoms with Crippen LogP contribution in [0.25, 0.3) is 0 Å². The van der Waals surface area contributed by atoms with Gasteiger partial charge in [-0.05, 0) is 46.0 Å². The highest BCUT2D eigenvalue weighted by Gasteiger charge is 2.45. The molecule has 0 aromatic carbocycles. The molecule has 0 radical (unpaired) electrons.